The molecule has 0 spiro atoms. The molecule has 1 aromatic heterocycles. The largest absolute Gasteiger partial charge is 1.00 e. The maximum absolute atomic E-state index is 11.8. The van der Waals surface area contributed by atoms with Gasteiger partial charge in [-0.3, -0.25) is 4.79 Å². The van der Waals surface area contributed by atoms with Gasteiger partial charge >= 0.3 is 41.5 Å². The van der Waals surface area contributed by atoms with Crippen LogP contribution in [0.2, 0.25) is 0 Å². The Bertz CT molecular complexity index is 1770. The molecule has 0 fully saturated rings. The Morgan fingerprint density at radius 1 is 0.760 bits per heavy atom. The number of hydrogen-bond donors (Lipinski definition) is 2. The molecular weight excluding hydrogens is 679 g/mol. The second-order valence-electron chi connectivity index (χ2n) is 9.53. The van der Waals surface area contributed by atoms with Crippen LogP contribution in [0.15, 0.2) is 132 Å². The van der Waals surface area contributed by atoms with Crippen LogP contribution in [0.4, 0.5) is 0 Å². The molecule has 5 aromatic rings. The number of carbonyl (C=O) groups is 3. The number of carbonyl (C=O) groups excluding carboxylic acids is 3. The molecule has 4 aromatic carbocycles. The molecule has 14 heteroatoms. The zero-order chi connectivity index (χ0) is 34.7. The number of aromatic nitrogens is 1. The van der Waals surface area contributed by atoms with Gasteiger partial charge in [-0.1, -0.05) is 65.8 Å². The maximum Gasteiger partial charge on any atom is 1.00 e. The van der Waals surface area contributed by atoms with E-state index in [0.717, 1.165) is 29.5 Å². The molecule has 0 saturated carbocycles. The summed E-state index contributed by atoms with van der Waals surface area (Å²) < 4.78 is 25.3. The van der Waals surface area contributed by atoms with Crippen molar-refractivity contribution < 1.29 is 77.7 Å². The van der Waals surface area contributed by atoms with E-state index in [1.165, 1.54) is 19.2 Å². The molecule has 0 aliphatic carbocycles. The van der Waals surface area contributed by atoms with Crippen LogP contribution in [0.3, 0.4) is 0 Å². The number of nitrogens with two attached hydrogens (primary N) is 1. The smallest absolute Gasteiger partial charge is 0.867 e. The average Bonchev–Trinajstić information content (AvgIpc) is 3.65. The molecule has 0 atom stereocenters. The van der Waals surface area contributed by atoms with Crippen molar-refractivity contribution in [2.24, 2.45) is 5.90 Å². The number of esters is 2. The van der Waals surface area contributed by atoms with E-state index in [-0.39, 0.29) is 53.2 Å². The Morgan fingerprint density at radius 3 is 1.70 bits per heavy atom. The minimum Gasteiger partial charge on any atom is -0.867 e. The fraction of sp³-hybridized carbons (Fsp3) is 0.111. The van der Waals surface area contributed by atoms with Crippen LogP contribution < -0.4 is 50.0 Å². The number of methoxy groups -OCH3 is 2. The fourth-order valence-corrected chi connectivity index (χ4v) is 3.89. The Balaban J connectivity index is 0.000000459. The summed E-state index contributed by atoms with van der Waals surface area (Å²) in [5.41, 5.74) is 3.38. The quantitative estimate of drug-likeness (QED) is 0.0510. The number of allylic oxidation sites excluding steroid dienone is 1. The summed E-state index contributed by atoms with van der Waals surface area (Å²) in [6, 6.07) is 34.9. The monoisotopic (exact) mass is 712 g/mol. The van der Waals surface area contributed by atoms with Gasteiger partial charge in [0.05, 0.1) is 14.2 Å². The molecule has 0 unspecified atom stereocenters. The first-order valence-electron chi connectivity index (χ1n) is 14.2. The van der Waals surface area contributed by atoms with E-state index in [0.29, 0.717) is 30.8 Å². The van der Waals surface area contributed by atoms with Crippen LogP contribution in [0.25, 0.3) is 11.3 Å². The van der Waals surface area contributed by atoms with Crippen molar-refractivity contribution in [3.05, 3.63) is 149 Å². The number of hydrogen-bond acceptors (Lipinski definition) is 12. The number of ether oxygens (including phenoxy) is 4. The summed E-state index contributed by atoms with van der Waals surface area (Å²) in [7, 11) is 2.38. The molecule has 3 N–H and O–H groups in total. The molecule has 12 nitrogen and oxygen atoms in total. The Kier molecular flexibility index (Phi) is 20.2. The zero-order valence-corrected chi connectivity index (χ0v) is 30.3. The normalized spacial score (nSPS) is 9.88. The van der Waals surface area contributed by atoms with Crippen molar-refractivity contribution in [1.82, 2.24) is 5.16 Å². The molecule has 5 rings (SSSR count). The molecule has 256 valence electrons. The van der Waals surface area contributed by atoms with Crippen molar-refractivity contribution in [3.63, 3.8) is 0 Å². The average molecular weight is 713 g/mol. The van der Waals surface area contributed by atoms with Gasteiger partial charge in [-0.2, -0.15) is 0 Å². The Labute approximate surface area is 317 Å². The van der Waals surface area contributed by atoms with Crippen molar-refractivity contribution in [3.8, 4) is 22.8 Å². The third kappa shape index (κ3) is 13.9. The maximum atomic E-state index is 11.8. The molecular formula is C36H34ClN2NaO10. The predicted octanol–water partition coefficient (Wildman–Crippen LogP) is 2.33. The molecule has 0 aliphatic heterocycles. The molecule has 50 heavy (non-hydrogen) atoms. The molecule has 0 bridgehead atoms. The fourth-order valence-electron chi connectivity index (χ4n) is 3.89. The minimum absolute atomic E-state index is 0. The third-order valence-electron chi connectivity index (χ3n) is 6.33. The van der Waals surface area contributed by atoms with Crippen LogP contribution in [0.5, 0.6) is 11.5 Å². The number of benzene rings is 4. The summed E-state index contributed by atoms with van der Waals surface area (Å²) in [4.78, 5) is 34.2. The SMILES string of the molecule is COC(=O)/C([O-])=C/C(=O)c1ccc(OCc2ccccc2)cc1.COC(=O)c1cc(-c2ccc(OCc3ccccc3)cc2)on1.Cl.NO.[Na+]. The number of ketones is 1. The second-order valence-corrected chi connectivity index (χ2v) is 9.53. The van der Waals surface area contributed by atoms with E-state index in [1.807, 2.05) is 84.9 Å². The second kappa shape index (κ2) is 23.4. The summed E-state index contributed by atoms with van der Waals surface area (Å²) in [6.07, 6.45) is 0.714. The predicted molar refractivity (Wildman–Crippen MR) is 179 cm³/mol. The third-order valence-corrected chi connectivity index (χ3v) is 6.33. The van der Waals surface area contributed by atoms with Gasteiger partial charge in [-0.05, 0) is 71.5 Å². The summed E-state index contributed by atoms with van der Waals surface area (Å²) in [5.74, 6) is 2.22. The van der Waals surface area contributed by atoms with E-state index in [4.69, 9.17) is 19.2 Å². The van der Waals surface area contributed by atoms with Gasteiger partial charge in [0.15, 0.2) is 17.2 Å². The van der Waals surface area contributed by atoms with Gasteiger partial charge in [-0.15, -0.1) is 12.4 Å². The molecule has 0 radical (unpaired) electrons. The van der Waals surface area contributed by atoms with Gasteiger partial charge in [0.1, 0.15) is 24.7 Å². The van der Waals surface area contributed by atoms with Crippen molar-refractivity contribution in [2.75, 3.05) is 14.2 Å². The molecule has 0 aliphatic rings. The van der Waals surface area contributed by atoms with Gasteiger partial charge < -0.3 is 33.8 Å². The summed E-state index contributed by atoms with van der Waals surface area (Å²) >= 11 is 0. The van der Waals surface area contributed by atoms with E-state index in [2.05, 4.69) is 20.5 Å². The van der Waals surface area contributed by atoms with Crippen molar-refractivity contribution in [2.45, 2.75) is 13.2 Å². The van der Waals surface area contributed by atoms with Gasteiger partial charge in [-0.25, -0.2) is 15.5 Å². The van der Waals surface area contributed by atoms with E-state index in [1.54, 1.807) is 18.2 Å². The van der Waals surface area contributed by atoms with Crippen molar-refractivity contribution >= 4 is 30.1 Å². The van der Waals surface area contributed by atoms with Crippen LogP contribution in [0, 0.1) is 0 Å². The Morgan fingerprint density at radius 2 is 1.24 bits per heavy atom. The van der Waals surface area contributed by atoms with E-state index >= 15 is 0 Å². The van der Waals surface area contributed by atoms with Crippen LogP contribution in [0.1, 0.15) is 32.0 Å². The standard InChI is InChI=1S/C18H15NO4.C18H16O5.ClH.H3NO.Na/c1-21-18(20)16-11-17(23-19-16)14-7-9-15(10-8-14)22-12-13-5-3-2-4-6-13;1-22-18(21)17(20)11-16(19)14-7-9-15(10-8-14)23-12-13-5-3-2-4-6-13;;1-2;/h2-11H,12H2,1H3;2-11,20H,12H2,1H3;1H;2H,1H2;/q;;;;+1/p-1/b;17-11-;;;. The van der Waals surface area contributed by atoms with Crippen molar-refractivity contribution in [1.29, 1.82) is 0 Å². The number of rotatable bonds is 11. The zero-order valence-electron chi connectivity index (χ0n) is 27.5. The topological polar surface area (TPSA) is 183 Å². The number of nitrogens with zero attached hydrogens (tertiary/aromatic N) is 1. The summed E-state index contributed by atoms with van der Waals surface area (Å²) in [5, 5.41) is 21.5. The van der Waals surface area contributed by atoms with Crippen LogP contribution >= 0.6 is 12.4 Å². The number of halogens is 1. The first kappa shape index (κ1) is 43.1. The van der Waals surface area contributed by atoms with Gasteiger partial charge in [0.2, 0.25) is 0 Å². The molecule has 1 heterocycles. The molecule has 0 saturated heterocycles. The van der Waals surface area contributed by atoms with Gasteiger partial charge in [0.25, 0.3) is 0 Å². The van der Waals surface area contributed by atoms with Crippen LogP contribution in [-0.4, -0.2) is 42.3 Å². The van der Waals surface area contributed by atoms with E-state index < -0.39 is 23.5 Å². The molecule has 0 amide bonds. The summed E-state index contributed by atoms with van der Waals surface area (Å²) in [6.45, 7) is 0.927. The van der Waals surface area contributed by atoms with E-state index in [9.17, 15) is 19.5 Å². The Hall–Kier alpha value is -4.95. The minimum atomic E-state index is -1.07. The van der Waals surface area contributed by atoms with Gasteiger partial charge in [0, 0.05) is 17.2 Å². The first-order chi connectivity index (χ1) is 23.4. The van der Waals surface area contributed by atoms with Crippen LogP contribution in [-0.2, 0) is 27.5 Å². The first-order valence-corrected chi connectivity index (χ1v) is 14.2.